The van der Waals surface area contributed by atoms with Crippen LogP contribution in [0.1, 0.15) is 5.56 Å². The highest BCUT2D eigenvalue weighted by Crippen LogP contribution is 2.20. The third-order valence-electron chi connectivity index (χ3n) is 2.42. The first-order valence-corrected chi connectivity index (χ1v) is 7.40. The molecule has 0 unspecified atom stereocenters. The van der Waals surface area contributed by atoms with Crippen molar-refractivity contribution >= 4 is 32.8 Å². The summed E-state index contributed by atoms with van der Waals surface area (Å²) in [5.74, 6) is 0.695. The van der Waals surface area contributed by atoms with Crippen molar-refractivity contribution in [2.45, 2.75) is 11.8 Å². The number of carbonyl (C=O) groups is 1. The maximum atomic E-state index is 11.8. The third kappa shape index (κ3) is 4.73. The highest BCUT2D eigenvalue weighted by molar-refractivity contribution is 9.10. The summed E-state index contributed by atoms with van der Waals surface area (Å²) in [5, 5.41) is -0.00762. The molecule has 0 heterocycles. The molecule has 2 nitrogen and oxygen atoms in total. The van der Waals surface area contributed by atoms with E-state index in [9.17, 15) is 4.79 Å². The second-order valence-electron chi connectivity index (χ2n) is 4.03. The predicted octanol–water partition coefficient (Wildman–Crippen LogP) is 4.46. The molecule has 4 heteroatoms. The molecule has 0 aromatic heterocycles. The fourth-order valence-corrected chi connectivity index (χ4v) is 2.36. The minimum Gasteiger partial charge on any atom is -0.485 e. The molecule has 0 radical (unpaired) electrons. The number of hydrogen-bond acceptors (Lipinski definition) is 3. The first-order valence-electron chi connectivity index (χ1n) is 5.79. The summed E-state index contributed by atoms with van der Waals surface area (Å²) in [6.07, 6.45) is 0. The maximum absolute atomic E-state index is 11.8. The maximum Gasteiger partial charge on any atom is 0.231 e. The molecule has 0 fully saturated rings. The van der Waals surface area contributed by atoms with Crippen LogP contribution < -0.4 is 4.74 Å². The van der Waals surface area contributed by atoms with Crippen LogP contribution in [0.15, 0.2) is 57.9 Å². The van der Waals surface area contributed by atoms with Gasteiger partial charge >= 0.3 is 0 Å². The Kier molecular flexibility index (Phi) is 5.05. The number of rotatable bonds is 4. The van der Waals surface area contributed by atoms with E-state index >= 15 is 0 Å². The molecule has 0 saturated carbocycles. The number of halogens is 1. The zero-order valence-electron chi connectivity index (χ0n) is 10.4. The lowest BCUT2D eigenvalue weighted by molar-refractivity contribution is -0.112. The minimum absolute atomic E-state index is 0.00762. The average molecular weight is 337 g/mol. The number of thioether (sulfide) groups is 1. The summed E-state index contributed by atoms with van der Waals surface area (Å²) in [6.45, 7) is 2.09. The van der Waals surface area contributed by atoms with Gasteiger partial charge in [0.25, 0.3) is 0 Å². The molecule has 0 aliphatic rings. The first-order chi connectivity index (χ1) is 9.13. The van der Waals surface area contributed by atoms with Crippen LogP contribution in [-0.4, -0.2) is 11.7 Å². The van der Waals surface area contributed by atoms with E-state index in [0.717, 1.165) is 9.37 Å². The summed E-state index contributed by atoms with van der Waals surface area (Å²) in [5.41, 5.74) is 1.18. The molecule has 0 aliphatic carbocycles. The Bertz CT molecular complexity index is 549. The molecule has 2 aromatic carbocycles. The molecular formula is C15H13BrO2S. The molecule has 0 amide bonds. The van der Waals surface area contributed by atoms with Crippen LogP contribution in [0.5, 0.6) is 5.75 Å². The lowest BCUT2D eigenvalue weighted by atomic mass is 10.2. The molecule has 19 heavy (non-hydrogen) atoms. The van der Waals surface area contributed by atoms with E-state index in [2.05, 4.69) is 15.9 Å². The van der Waals surface area contributed by atoms with Gasteiger partial charge in [-0.1, -0.05) is 33.6 Å². The molecule has 98 valence electrons. The topological polar surface area (TPSA) is 26.3 Å². The van der Waals surface area contributed by atoms with E-state index in [1.807, 2.05) is 55.5 Å². The number of aryl methyl sites for hydroxylation is 1. The largest absolute Gasteiger partial charge is 0.485 e. The van der Waals surface area contributed by atoms with Crippen molar-refractivity contribution in [1.29, 1.82) is 0 Å². The van der Waals surface area contributed by atoms with Gasteiger partial charge in [0.15, 0.2) is 6.61 Å². The van der Waals surface area contributed by atoms with Crippen LogP contribution in [0.4, 0.5) is 0 Å². The van der Waals surface area contributed by atoms with Gasteiger partial charge in [-0.3, -0.25) is 4.79 Å². The van der Waals surface area contributed by atoms with Gasteiger partial charge in [-0.25, -0.2) is 0 Å². The normalized spacial score (nSPS) is 10.2. The third-order valence-corrected chi connectivity index (χ3v) is 3.81. The zero-order valence-corrected chi connectivity index (χ0v) is 12.8. The Balaban J connectivity index is 1.84. The van der Waals surface area contributed by atoms with Crippen LogP contribution in [0, 0.1) is 6.92 Å². The minimum atomic E-state index is -0.00762. The van der Waals surface area contributed by atoms with Gasteiger partial charge in [-0.15, -0.1) is 0 Å². The first kappa shape index (κ1) is 14.2. The van der Waals surface area contributed by atoms with Gasteiger partial charge in [-0.05, 0) is 55.1 Å². The lowest BCUT2D eigenvalue weighted by Gasteiger charge is -2.05. The molecule has 0 saturated heterocycles. The van der Waals surface area contributed by atoms with Crippen molar-refractivity contribution in [3.63, 3.8) is 0 Å². The smallest absolute Gasteiger partial charge is 0.231 e. The Morgan fingerprint density at radius 2 is 1.74 bits per heavy atom. The van der Waals surface area contributed by atoms with Crippen molar-refractivity contribution in [1.82, 2.24) is 0 Å². The monoisotopic (exact) mass is 336 g/mol. The van der Waals surface area contributed by atoms with E-state index in [4.69, 9.17) is 4.74 Å². The van der Waals surface area contributed by atoms with Gasteiger partial charge in [0.05, 0.1) is 0 Å². The van der Waals surface area contributed by atoms with E-state index in [0.29, 0.717) is 5.75 Å². The van der Waals surface area contributed by atoms with Crippen LogP contribution in [0.2, 0.25) is 0 Å². The molecule has 0 spiro atoms. The van der Waals surface area contributed by atoms with E-state index in [1.165, 1.54) is 17.3 Å². The Hall–Kier alpha value is -1.26. The molecule has 2 aromatic rings. The van der Waals surface area contributed by atoms with E-state index in [1.54, 1.807) is 0 Å². The van der Waals surface area contributed by atoms with Crippen molar-refractivity contribution in [3.05, 3.63) is 58.6 Å². The van der Waals surface area contributed by atoms with Crippen molar-refractivity contribution in [2.24, 2.45) is 0 Å². The number of carbonyl (C=O) groups excluding carboxylic acids is 1. The predicted molar refractivity (Wildman–Crippen MR) is 81.7 cm³/mol. The molecule has 0 aliphatic heterocycles. The number of ether oxygens (including phenoxy) is 1. The fourth-order valence-electron chi connectivity index (χ4n) is 1.44. The van der Waals surface area contributed by atoms with Crippen LogP contribution in [0.25, 0.3) is 0 Å². The van der Waals surface area contributed by atoms with Gasteiger partial charge in [-0.2, -0.15) is 0 Å². The summed E-state index contributed by atoms with van der Waals surface area (Å²) in [4.78, 5) is 12.7. The quantitative estimate of drug-likeness (QED) is 0.771. The Morgan fingerprint density at radius 1 is 1.11 bits per heavy atom. The molecule has 0 atom stereocenters. The SMILES string of the molecule is Cc1ccc(SC(=O)COc2ccc(Br)cc2)cc1. The highest BCUT2D eigenvalue weighted by Gasteiger charge is 2.06. The van der Waals surface area contributed by atoms with E-state index in [-0.39, 0.29) is 11.7 Å². The van der Waals surface area contributed by atoms with Gasteiger partial charge in [0, 0.05) is 9.37 Å². The highest BCUT2D eigenvalue weighted by atomic mass is 79.9. The second kappa shape index (κ2) is 6.78. The lowest BCUT2D eigenvalue weighted by Crippen LogP contribution is -2.07. The van der Waals surface area contributed by atoms with E-state index < -0.39 is 0 Å². The number of hydrogen-bond donors (Lipinski definition) is 0. The molecule has 2 rings (SSSR count). The second-order valence-corrected chi connectivity index (χ2v) is 6.08. The Labute approximate surface area is 125 Å². The van der Waals surface area contributed by atoms with Crippen LogP contribution >= 0.6 is 27.7 Å². The van der Waals surface area contributed by atoms with Gasteiger partial charge in [0.2, 0.25) is 5.12 Å². The summed E-state index contributed by atoms with van der Waals surface area (Å²) in [7, 11) is 0. The van der Waals surface area contributed by atoms with Gasteiger partial charge in [0.1, 0.15) is 5.75 Å². The molecular weight excluding hydrogens is 324 g/mol. The molecule has 0 bridgehead atoms. The summed E-state index contributed by atoms with van der Waals surface area (Å²) >= 11 is 4.55. The Morgan fingerprint density at radius 3 is 2.37 bits per heavy atom. The standard InChI is InChI=1S/C15H13BrO2S/c1-11-2-8-14(9-3-11)19-15(17)10-18-13-6-4-12(16)5-7-13/h2-9H,10H2,1H3. The van der Waals surface area contributed by atoms with Crippen LogP contribution in [0.3, 0.4) is 0 Å². The van der Waals surface area contributed by atoms with Crippen molar-refractivity contribution < 1.29 is 9.53 Å². The van der Waals surface area contributed by atoms with Crippen molar-refractivity contribution in [2.75, 3.05) is 6.61 Å². The van der Waals surface area contributed by atoms with Crippen molar-refractivity contribution in [3.8, 4) is 5.75 Å². The van der Waals surface area contributed by atoms with Gasteiger partial charge < -0.3 is 4.74 Å². The zero-order chi connectivity index (χ0) is 13.7. The summed E-state index contributed by atoms with van der Waals surface area (Å²) < 4.78 is 6.41. The average Bonchev–Trinajstić information content (AvgIpc) is 2.41. The molecule has 0 N–H and O–H groups in total. The number of benzene rings is 2. The fraction of sp³-hybridized carbons (Fsp3) is 0.133. The summed E-state index contributed by atoms with van der Waals surface area (Å²) in [6, 6.07) is 15.3. The van der Waals surface area contributed by atoms with Crippen LogP contribution in [-0.2, 0) is 4.79 Å².